The van der Waals surface area contributed by atoms with Gasteiger partial charge in [-0.1, -0.05) is 36.4 Å². The van der Waals surface area contributed by atoms with E-state index < -0.39 is 23.1 Å². The van der Waals surface area contributed by atoms with Gasteiger partial charge in [0.15, 0.2) is 34.4 Å². The number of para-hydroxylation sites is 2. The van der Waals surface area contributed by atoms with Crippen molar-refractivity contribution in [3.63, 3.8) is 0 Å². The molecule has 10 rings (SSSR count). The summed E-state index contributed by atoms with van der Waals surface area (Å²) in [5.74, 6) is 4.80. The molecule has 0 aliphatic carbocycles. The van der Waals surface area contributed by atoms with E-state index in [9.17, 15) is 24.3 Å². The Morgan fingerprint density at radius 1 is 0.519 bits per heavy atom. The number of imidazole rings is 2. The fourth-order valence-corrected chi connectivity index (χ4v) is 11.2. The smallest absolute Gasteiger partial charge is 0.870 e. The minimum Gasteiger partial charge on any atom is -0.870 e. The number of carbonyl (C=O) groups excluding carboxylic acids is 3. The summed E-state index contributed by atoms with van der Waals surface area (Å²) in [6.07, 6.45) is 4.57. The van der Waals surface area contributed by atoms with Crippen LogP contribution in [0.5, 0.6) is 34.5 Å². The molecule has 426 valence electrons. The second kappa shape index (κ2) is 26.0. The quantitative estimate of drug-likeness (QED) is 0.0684. The van der Waals surface area contributed by atoms with Gasteiger partial charge in [-0.25, -0.2) is 29.1 Å². The maximum atomic E-state index is 13.0. The fraction of sp³-hybridized carbons (Fsp3) is 0.443. The second-order valence-corrected chi connectivity index (χ2v) is 22.4. The average molecular weight is 1110 g/mol. The average Bonchev–Trinajstić information content (AvgIpc) is 4.40. The Kier molecular flexibility index (Phi) is 19.6. The number of aromatic carboxylic acids is 1. The number of likely N-dealkylation sites (tertiary alicyclic amines) is 2. The van der Waals surface area contributed by atoms with Gasteiger partial charge >= 0.3 is 43.0 Å². The molecule has 19 nitrogen and oxygen atoms in total. The number of rotatable bonds is 12. The molecule has 6 aromatic rings. The van der Waals surface area contributed by atoms with E-state index in [1.807, 2.05) is 136 Å². The zero-order chi connectivity index (χ0) is 56.2. The third-order valence-electron chi connectivity index (χ3n) is 14.9. The van der Waals surface area contributed by atoms with Gasteiger partial charge in [0.25, 0.3) is 0 Å². The number of amides is 2. The second-order valence-electron chi connectivity index (χ2n) is 22.4. The van der Waals surface area contributed by atoms with Gasteiger partial charge in [0.1, 0.15) is 45.7 Å². The molecular formula is C61H73LiN6O13. The zero-order valence-corrected chi connectivity index (χ0v) is 48.1. The number of hydrogen-bond donors (Lipinski definition) is 1. The Balaban J connectivity index is 0.000000228. The SMILES string of the molecule is COC(=O)c1c(-c2ccc(Oc3ccccc3)c(OC)c2)nc2n1CCC2C1CCN(C(=O)OC(C)(C)C)CC1.COc1cc(-c2nc3n(c2C(=O)O)CCC3C2CCN(C(=O)OC(C)(C)C)CC2)ccc1Oc1ccccc1.[Li+].[OH-]. The summed E-state index contributed by atoms with van der Waals surface area (Å²) in [5, 5.41) is 10.2. The number of carboxylic acid groups (broad SMARTS) is 1. The monoisotopic (exact) mass is 1100 g/mol. The molecule has 2 N–H and O–H groups in total. The zero-order valence-electron chi connectivity index (χ0n) is 48.1. The van der Waals surface area contributed by atoms with Crippen molar-refractivity contribution in [1.29, 1.82) is 0 Å². The number of piperidine rings is 2. The van der Waals surface area contributed by atoms with Gasteiger partial charge in [-0.2, -0.15) is 0 Å². The molecule has 4 aromatic carbocycles. The van der Waals surface area contributed by atoms with Crippen LogP contribution in [-0.4, -0.2) is 122 Å². The van der Waals surface area contributed by atoms with Gasteiger partial charge in [-0.3, -0.25) is 0 Å². The Bertz CT molecular complexity index is 3150. The van der Waals surface area contributed by atoms with E-state index in [4.69, 9.17) is 43.1 Å². The number of aromatic nitrogens is 4. The molecular weight excluding hydrogens is 1030 g/mol. The number of hydrogen-bond acceptors (Lipinski definition) is 14. The van der Waals surface area contributed by atoms with Gasteiger partial charge in [0, 0.05) is 62.2 Å². The first-order valence-electron chi connectivity index (χ1n) is 27.1. The summed E-state index contributed by atoms with van der Waals surface area (Å²) in [6.45, 7) is 15.1. The molecule has 2 atom stereocenters. The van der Waals surface area contributed by atoms with E-state index >= 15 is 0 Å². The predicted molar refractivity (Wildman–Crippen MR) is 297 cm³/mol. The molecule has 4 aliphatic heterocycles. The number of methoxy groups -OCH3 is 3. The fourth-order valence-electron chi connectivity index (χ4n) is 11.2. The molecule has 2 fully saturated rings. The van der Waals surface area contributed by atoms with Gasteiger partial charge in [0.2, 0.25) is 0 Å². The Morgan fingerprint density at radius 2 is 0.901 bits per heavy atom. The summed E-state index contributed by atoms with van der Waals surface area (Å²) in [7, 11) is 4.54. The summed E-state index contributed by atoms with van der Waals surface area (Å²) in [6, 6.07) is 29.8. The molecule has 2 aromatic heterocycles. The van der Waals surface area contributed by atoms with E-state index in [2.05, 4.69) is 0 Å². The van der Waals surface area contributed by atoms with Crippen molar-refractivity contribution in [1.82, 2.24) is 28.9 Å². The minimum absolute atomic E-state index is 0. The van der Waals surface area contributed by atoms with Gasteiger partial charge < -0.3 is 62.7 Å². The molecule has 0 bridgehead atoms. The number of benzene rings is 4. The molecule has 0 radical (unpaired) electrons. The molecule has 0 saturated carbocycles. The Hall–Kier alpha value is -7.46. The van der Waals surface area contributed by atoms with Crippen molar-refractivity contribution < 1.29 is 81.8 Å². The van der Waals surface area contributed by atoms with Crippen LogP contribution in [0.25, 0.3) is 22.5 Å². The molecule has 81 heavy (non-hydrogen) atoms. The van der Waals surface area contributed by atoms with E-state index in [-0.39, 0.29) is 54.1 Å². The van der Waals surface area contributed by atoms with Crippen LogP contribution in [0.3, 0.4) is 0 Å². The Morgan fingerprint density at radius 3 is 1.26 bits per heavy atom. The van der Waals surface area contributed by atoms with Crippen LogP contribution in [-0.2, 0) is 27.3 Å². The first-order chi connectivity index (χ1) is 37.8. The maximum absolute atomic E-state index is 13.0. The van der Waals surface area contributed by atoms with Crippen molar-refractivity contribution in [2.75, 3.05) is 47.5 Å². The molecule has 6 heterocycles. The van der Waals surface area contributed by atoms with E-state index in [0.29, 0.717) is 108 Å². The van der Waals surface area contributed by atoms with Crippen molar-refractivity contribution in [2.24, 2.45) is 11.8 Å². The summed E-state index contributed by atoms with van der Waals surface area (Å²) in [4.78, 5) is 64.0. The van der Waals surface area contributed by atoms with Gasteiger partial charge in [-0.05, 0) is 153 Å². The van der Waals surface area contributed by atoms with Crippen molar-refractivity contribution >= 4 is 24.1 Å². The van der Waals surface area contributed by atoms with Gasteiger partial charge in [-0.15, -0.1) is 0 Å². The number of carbonyl (C=O) groups is 4. The molecule has 20 heteroatoms. The van der Waals surface area contributed by atoms with Crippen molar-refractivity contribution in [3.05, 3.63) is 120 Å². The number of carboxylic acids is 1. The molecule has 0 spiro atoms. The normalized spacial score (nSPS) is 17.0. The molecule has 2 unspecified atom stereocenters. The molecule has 2 saturated heterocycles. The van der Waals surface area contributed by atoms with Crippen LogP contribution in [0.2, 0.25) is 0 Å². The number of fused-ring (bicyclic) bond motifs is 2. The number of ether oxygens (including phenoxy) is 7. The summed E-state index contributed by atoms with van der Waals surface area (Å²) >= 11 is 0. The van der Waals surface area contributed by atoms with Crippen LogP contribution in [0, 0.1) is 11.8 Å². The van der Waals surface area contributed by atoms with E-state index in [0.717, 1.165) is 55.7 Å². The van der Waals surface area contributed by atoms with Crippen LogP contribution in [0.4, 0.5) is 9.59 Å². The first kappa shape index (κ1) is 61.2. The van der Waals surface area contributed by atoms with Crippen LogP contribution in [0.15, 0.2) is 97.1 Å². The van der Waals surface area contributed by atoms with Crippen molar-refractivity contribution in [3.8, 4) is 57.0 Å². The standard InChI is InChI=1S/C31H37N3O6.C30H35N3O6.Li.H2O/c1-31(2,3)40-30(36)33-16-13-20(14-17-33)23-15-18-34-27(29(35)38-5)26(32-28(23)34)21-11-12-24(25(19-21)37-4)39-22-9-7-6-8-10-22;1-30(2,3)39-29(36)32-15-12-19(13-16-32)22-14-17-33-26(28(34)35)25(31-27(22)33)20-10-11-23(24(18-20)37-4)38-21-8-6-5-7-9-21;;/h6-12,19-20,23H,13-18H2,1-5H3;5-11,18-19,22H,12-17H2,1-4H3,(H,34,35);;1H2/q;;+1;/p-1. The van der Waals surface area contributed by atoms with Crippen molar-refractivity contribution in [2.45, 2.75) is 116 Å². The summed E-state index contributed by atoms with van der Waals surface area (Å²) in [5.41, 5.74) is 2.01. The third kappa shape index (κ3) is 14.0. The van der Waals surface area contributed by atoms with Crippen LogP contribution >= 0.6 is 0 Å². The van der Waals surface area contributed by atoms with E-state index in [1.165, 1.54) is 7.11 Å². The maximum Gasteiger partial charge on any atom is 1.00 e. The third-order valence-corrected chi connectivity index (χ3v) is 14.9. The van der Waals surface area contributed by atoms with Gasteiger partial charge in [0.05, 0.1) is 21.3 Å². The minimum atomic E-state index is -1.01. The summed E-state index contributed by atoms with van der Waals surface area (Å²) < 4.78 is 43.4. The predicted octanol–water partition coefficient (Wildman–Crippen LogP) is 9.28. The molecule has 4 aliphatic rings. The number of esters is 1. The van der Waals surface area contributed by atoms with Crippen LogP contribution < -0.4 is 37.8 Å². The van der Waals surface area contributed by atoms with Crippen LogP contribution in [0.1, 0.15) is 125 Å². The topological polar surface area (TPSA) is 225 Å². The van der Waals surface area contributed by atoms with E-state index in [1.54, 1.807) is 36.2 Å². The first-order valence-corrected chi connectivity index (χ1v) is 27.1. The largest absolute Gasteiger partial charge is 1.00 e. The molecule has 2 amide bonds. The number of nitrogens with zero attached hydrogens (tertiary/aromatic N) is 6. The Labute approximate surface area is 485 Å².